The molecule has 0 saturated heterocycles. The molecule has 4 heteroatoms. The van der Waals surface area contributed by atoms with Crippen LogP contribution in [0.5, 0.6) is 5.75 Å². The molecule has 0 aliphatic heterocycles. The summed E-state index contributed by atoms with van der Waals surface area (Å²) in [5, 5.41) is 12.3. The first-order valence-electron chi connectivity index (χ1n) is 7.72. The highest BCUT2D eigenvalue weighted by atomic mass is 16.5. The summed E-state index contributed by atoms with van der Waals surface area (Å²) in [6.07, 6.45) is 4.55. The maximum absolute atomic E-state index is 12.8. The zero-order valence-electron chi connectivity index (χ0n) is 12.9. The molecule has 1 aromatic carbocycles. The smallest absolute Gasteiger partial charge is 0.230 e. The molecule has 2 rings (SSSR count). The molecule has 1 aromatic rings. The predicted molar refractivity (Wildman–Crippen MR) is 82.4 cm³/mol. The molecular weight excluding hydrogens is 266 g/mol. The van der Waals surface area contributed by atoms with Crippen LogP contribution in [0, 0.1) is 0 Å². The lowest BCUT2D eigenvalue weighted by molar-refractivity contribution is -0.127. The minimum Gasteiger partial charge on any atom is -0.497 e. The zero-order valence-corrected chi connectivity index (χ0v) is 12.9. The Kier molecular flexibility index (Phi) is 5.23. The molecule has 116 valence electrons. The van der Waals surface area contributed by atoms with Crippen molar-refractivity contribution in [3.05, 3.63) is 29.8 Å². The lowest BCUT2D eigenvalue weighted by atomic mass is 9.77. The molecular formula is C17H25NO3. The lowest BCUT2D eigenvalue weighted by Crippen LogP contribution is -2.48. The average Bonchev–Trinajstić information content (AvgIpc) is 3.03. The van der Waals surface area contributed by atoms with E-state index in [1.54, 1.807) is 7.11 Å². The van der Waals surface area contributed by atoms with Gasteiger partial charge in [0.05, 0.1) is 25.2 Å². The second-order valence-electron chi connectivity index (χ2n) is 5.78. The first-order valence-corrected chi connectivity index (χ1v) is 7.72. The van der Waals surface area contributed by atoms with E-state index in [0.29, 0.717) is 0 Å². The van der Waals surface area contributed by atoms with Crippen LogP contribution in [0.4, 0.5) is 0 Å². The van der Waals surface area contributed by atoms with Crippen LogP contribution in [-0.4, -0.2) is 30.8 Å². The molecule has 4 nitrogen and oxygen atoms in total. The Hall–Kier alpha value is -1.55. The Morgan fingerprint density at radius 3 is 2.71 bits per heavy atom. The van der Waals surface area contributed by atoms with Crippen LogP contribution < -0.4 is 10.1 Å². The molecule has 0 bridgehead atoms. The number of nitrogens with one attached hydrogen (secondary N) is 1. The fraction of sp³-hybridized carbons (Fsp3) is 0.588. The summed E-state index contributed by atoms with van der Waals surface area (Å²) in [6, 6.07) is 7.64. The van der Waals surface area contributed by atoms with Gasteiger partial charge in [-0.05, 0) is 37.0 Å². The number of carbonyl (C=O) groups excluding carboxylic acids is 1. The maximum Gasteiger partial charge on any atom is 0.230 e. The fourth-order valence-electron chi connectivity index (χ4n) is 3.15. The number of hydrogen-bond donors (Lipinski definition) is 2. The number of benzene rings is 1. The van der Waals surface area contributed by atoms with E-state index in [1.807, 2.05) is 31.2 Å². The van der Waals surface area contributed by atoms with E-state index < -0.39 is 5.41 Å². The van der Waals surface area contributed by atoms with Crippen molar-refractivity contribution in [3.8, 4) is 5.75 Å². The van der Waals surface area contributed by atoms with E-state index >= 15 is 0 Å². The predicted octanol–water partition coefficient (Wildman–Crippen LogP) is 2.39. The van der Waals surface area contributed by atoms with Crippen molar-refractivity contribution in [2.24, 2.45) is 0 Å². The monoisotopic (exact) mass is 291 g/mol. The highest BCUT2D eigenvalue weighted by Crippen LogP contribution is 2.42. The van der Waals surface area contributed by atoms with E-state index in [4.69, 9.17) is 4.74 Å². The molecule has 1 unspecified atom stereocenters. The second kappa shape index (κ2) is 6.94. The van der Waals surface area contributed by atoms with Gasteiger partial charge in [0, 0.05) is 0 Å². The third-order valence-corrected chi connectivity index (χ3v) is 4.56. The van der Waals surface area contributed by atoms with Crippen molar-refractivity contribution in [1.82, 2.24) is 5.32 Å². The topological polar surface area (TPSA) is 58.6 Å². The molecule has 1 aliphatic carbocycles. The van der Waals surface area contributed by atoms with Gasteiger partial charge in [0.25, 0.3) is 0 Å². The lowest BCUT2D eigenvalue weighted by Gasteiger charge is -2.30. The summed E-state index contributed by atoms with van der Waals surface area (Å²) in [5.41, 5.74) is 0.543. The van der Waals surface area contributed by atoms with Crippen molar-refractivity contribution in [3.63, 3.8) is 0 Å². The Morgan fingerprint density at radius 2 is 2.14 bits per heavy atom. The molecule has 1 atom stereocenters. The van der Waals surface area contributed by atoms with Crippen LogP contribution in [0.15, 0.2) is 24.3 Å². The van der Waals surface area contributed by atoms with E-state index in [-0.39, 0.29) is 18.6 Å². The van der Waals surface area contributed by atoms with Gasteiger partial charge < -0.3 is 15.2 Å². The van der Waals surface area contributed by atoms with Gasteiger partial charge in [-0.15, -0.1) is 0 Å². The van der Waals surface area contributed by atoms with Gasteiger partial charge in [-0.3, -0.25) is 4.79 Å². The van der Waals surface area contributed by atoms with Crippen molar-refractivity contribution in [1.29, 1.82) is 0 Å². The molecule has 1 fully saturated rings. The number of aliphatic hydroxyl groups excluding tert-OH is 1. The molecule has 0 spiro atoms. The van der Waals surface area contributed by atoms with Crippen LogP contribution in [-0.2, 0) is 10.2 Å². The highest BCUT2D eigenvalue weighted by molar-refractivity contribution is 5.89. The van der Waals surface area contributed by atoms with E-state index in [0.717, 1.165) is 43.4 Å². The van der Waals surface area contributed by atoms with Gasteiger partial charge in [-0.2, -0.15) is 0 Å². The molecule has 2 N–H and O–H groups in total. The summed E-state index contributed by atoms with van der Waals surface area (Å²) >= 11 is 0. The third-order valence-electron chi connectivity index (χ3n) is 4.56. The number of carbonyl (C=O) groups is 1. The average molecular weight is 291 g/mol. The zero-order chi connectivity index (χ0) is 15.3. The number of ether oxygens (including phenoxy) is 1. The van der Waals surface area contributed by atoms with Crippen LogP contribution in [0.2, 0.25) is 0 Å². The first-order chi connectivity index (χ1) is 10.2. The molecule has 1 amide bonds. The standard InChI is InChI=1S/C17H25NO3/c1-3-14(12-19)18-16(20)17(9-4-5-10-17)13-7-6-8-15(11-13)21-2/h6-8,11,14,19H,3-5,9-10,12H2,1-2H3,(H,18,20). The van der Waals surface area contributed by atoms with Gasteiger partial charge in [-0.1, -0.05) is 31.9 Å². The molecule has 0 heterocycles. The molecule has 0 aromatic heterocycles. The number of methoxy groups -OCH3 is 1. The van der Waals surface area contributed by atoms with Crippen molar-refractivity contribution in [2.45, 2.75) is 50.5 Å². The Labute approximate surface area is 126 Å². The Morgan fingerprint density at radius 1 is 1.43 bits per heavy atom. The summed E-state index contributed by atoms with van der Waals surface area (Å²) in [6.45, 7) is 1.95. The van der Waals surface area contributed by atoms with Gasteiger partial charge in [0.2, 0.25) is 5.91 Å². The first kappa shape index (κ1) is 15.8. The van der Waals surface area contributed by atoms with Crippen molar-refractivity contribution >= 4 is 5.91 Å². The van der Waals surface area contributed by atoms with E-state index in [2.05, 4.69) is 5.32 Å². The largest absolute Gasteiger partial charge is 0.497 e. The van der Waals surface area contributed by atoms with Gasteiger partial charge in [0.1, 0.15) is 5.75 Å². The van der Waals surface area contributed by atoms with Gasteiger partial charge in [-0.25, -0.2) is 0 Å². The van der Waals surface area contributed by atoms with Crippen LogP contribution in [0.1, 0.15) is 44.6 Å². The molecule has 0 radical (unpaired) electrons. The maximum atomic E-state index is 12.8. The number of rotatable bonds is 6. The molecule has 21 heavy (non-hydrogen) atoms. The van der Waals surface area contributed by atoms with Crippen LogP contribution in [0.25, 0.3) is 0 Å². The number of hydrogen-bond acceptors (Lipinski definition) is 3. The quantitative estimate of drug-likeness (QED) is 0.846. The minimum atomic E-state index is -0.475. The van der Waals surface area contributed by atoms with Crippen LogP contribution in [0.3, 0.4) is 0 Å². The highest BCUT2D eigenvalue weighted by Gasteiger charge is 2.43. The summed E-state index contributed by atoms with van der Waals surface area (Å²) in [5.74, 6) is 0.815. The summed E-state index contributed by atoms with van der Waals surface area (Å²) in [7, 11) is 1.64. The molecule has 1 saturated carbocycles. The van der Waals surface area contributed by atoms with Gasteiger partial charge in [0.15, 0.2) is 0 Å². The summed E-state index contributed by atoms with van der Waals surface area (Å²) < 4.78 is 5.29. The van der Waals surface area contributed by atoms with Crippen molar-refractivity contribution in [2.75, 3.05) is 13.7 Å². The Bertz CT molecular complexity index is 477. The third kappa shape index (κ3) is 3.21. The minimum absolute atomic E-state index is 0.0174. The second-order valence-corrected chi connectivity index (χ2v) is 5.78. The molecule has 1 aliphatic rings. The fourth-order valence-corrected chi connectivity index (χ4v) is 3.15. The van der Waals surface area contributed by atoms with E-state index in [1.165, 1.54) is 0 Å². The van der Waals surface area contributed by atoms with E-state index in [9.17, 15) is 9.90 Å². The van der Waals surface area contributed by atoms with Gasteiger partial charge >= 0.3 is 0 Å². The number of amides is 1. The normalized spacial score (nSPS) is 18.2. The summed E-state index contributed by atoms with van der Waals surface area (Å²) in [4.78, 5) is 12.8. The Balaban J connectivity index is 2.29. The van der Waals surface area contributed by atoms with Crippen molar-refractivity contribution < 1.29 is 14.6 Å². The number of aliphatic hydroxyl groups is 1. The van der Waals surface area contributed by atoms with Crippen LogP contribution >= 0.6 is 0 Å². The SMILES string of the molecule is CCC(CO)NC(=O)C1(c2cccc(OC)c2)CCCC1.